The van der Waals surface area contributed by atoms with Crippen molar-refractivity contribution in [3.8, 4) is 0 Å². The Hall–Kier alpha value is -1.40. The van der Waals surface area contributed by atoms with Crippen molar-refractivity contribution in [3.05, 3.63) is 35.4 Å². The highest BCUT2D eigenvalue weighted by atomic mass is 32.2. The Bertz CT molecular complexity index is 776. The van der Waals surface area contributed by atoms with Crippen molar-refractivity contribution >= 4 is 15.7 Å². The monoisotopic (exact) mass is 392 g/mol. The molecular formula is C21H32N2O3S. The Morgan fingerprint density at radius 1 is 1.11 bits per heavy atom. The number of rotatable bonds is 5. The molecular weight excluding hydrogens is 360 g/mol. The molecule has 27 heavy (non-hydrogen) atoms. The highest BCUT2D eigenvalue weighted by Gasteiger charge is 2.49. The van der Waals surface area contributed by atoms with Gasteiger partial charge in [-0.15, -0.1) is 0 Å². The Kier molecular flexibility index (Phi) is 5.96. The summed E-state index contributed by atoms with van der Waals surface area (Å²) < 4.78 is 23.7. The number of piperidine rings is 1. The van der Waals surface area contributed by atoms with Crippen LogP contribution < -0.4 is 10.6 Å². The smallest absolute Gasteiger partial charge is 0.241 e. The molecule has 1 aliphatic heterocycles. The first-order chi connectivity index (χ1) is 12.8. The Morgan fingerprint density at radius 3 is 2.37 bits per heavy atom. The van der Waals surface area contributed by atoms with Crippen LogP contribution in [0, 0.1) is 6.92 Å². The van der Waals surface area contributed by atoms with Crippen molar-refractivity contribution in [2.24, 2.45) is 0 Å². The molecule has 0 unspecified atom stereocenters. The van der Waals surface area contributed by atoms with Crippen molar-refractivity contribution in [1.82, 2.24) is 10.6 Å². The van der Waals surface area contributed by atoms with Gasteiger partial charge in [0.15, 0.2) is 14.6 Å². The van der Waals surface area contributed by atoms with Gasteiger partial charge in [0.05, 0.1) is 0 Å². The van der Waals surface area contributed by atoms with Crippen molar-refractivity contribution in [2.45, 2.75) is 62.0 Å². The number of amides is 1. The highest BCUT2D eigenvalue weighted by Crippen LogP contribution is 2.39. The number of hydrogen-bond donors (Lipinski definition) is 2. The van der Waals surface area contributed by atoms with Crippen LogP contribution in [0.15, 0.2) is 24.3 Å². The lowest BCUT2D eigenvalue weighted by Crippen LogP contribution is -2.58. The topological polar surface area (TPSA) is 75.3 Å². The van der Waals surface area contributed by atoms with Crippen LogP contribution >= 0.6 is 0 Å². The summed E-state index contributed by atoms with van der Waals surface area (Å²) in [5, 5.41) is 6.25. The molecule has 5 nitrogen and oxygen atoms in total. The molecule has 1 amide bonds. The van der Waals surface area contributed by atoms with E-state index < -0.39 is 14.6 Å². The Morgan fingerprint density at radius 2 is 1.78 bits per heavy atom. The van der Waals surface area contributed by atoms with Crippen LogP contribution in [0.2, 0.25) is 0 Å². The maximum Gasteiger partial charge on any atom is 0.241 e. The largest absolute Gasteiger partial charge is 0.354 e. The maximum absolute atomic E-state index is 13.1. The lowest BCUT2D eigenvalue weighted by atomic mass is 9.69. The summed E-state index contributed by atoms with van der Waals surface area (Å²) in [5.74, 6) is -0.316. The second-order valence-corrected chi connectivity index (χ2v) is 10.7. The standard InChI is InChI=1S/C21H32N2O3S/c1-17-7-6-8-18(15-17)20(9-4-3-5-10-20)16-23-19(24)21(27(2,25)26)11-13-22-14-12-21/h6-8,15,22H,3-5,9-14,16H2,1-2H3,(H,23,24). The number of benzene rings is 1. The van der Waals surface area contributed by atoms with Crippen LogP contribution in [-0.4, -0.2) is 45.0 Å². The first-order valence-electron chi connectivity index (χ1n) is 10.0. The van der Waals surface area contributed by atoms with Crippen LogP contribution in [0.1, 0.15) is 56.1 Å². The van der Waals surface area contributed by atoms with Gasteiger partial charge < -0.3 is 10.6 Å². The van der Waals surface area contributed by atoms with Gasteiger partial charge in [-0.2, -0.15) is 0 Å². The molecule has 1 aromatic carbocycles. The minimum absolute atomic E-state index is 0.0917. The van der Waals surface area contributed by atoms with Crippen LogP contribution in [0.5, 0.6) is 0 Å². The van der Waals surface area contributed by atoms with E-state index in [9.17, 15) is 13.2 Å². The zero-order chi connectivity index (χ0) is 19.5. The van der Waals surface area contributed by atoms with Gasteiger partial charge in [0, 0.05) is 18.2 Å². The molecule has 1 aliphatic carbocycles. The minimum Gasteiger partial charge on any atom is -0.354 e. The van der Waals surface area contributed by atoms with Gasteiger partial charge in [0.2, 0.25) is 5.91 Å². The van der Waals surface area contributed by atoms with Gasteiger partial charge in [0.25, 0.3) is 0 Å². The number of carbonyl (C=O) groups is 1. The molecule has 0 aromatic heterocycles. The lowest BCUT2D eigenvalue weighted by Gasteiger charge is -2.40. The quantitative estimate of drug-likeness (QED) is 0.807. The molecule has 2 fully saturated rings. The number of aryl methyl sites for hydroxylation is 1. The zero-order valence-corrected chi connectivity index (χ0v) is 17.3. The molecule has 2 N–H and O–H groups in total. The van der Waals surface area contributed by atoms with Crippen molar-refractivity contribution < 1.29 is 13.2 Å². The first kappa shape index (κ1) is 20.3. The van der Waals surface area contributed by atoms with E-state index in [-0.39, 0.29) is 11.3 Å². The van der Waals surface area contributed by atoms with Crippen LogP contribution in [-0.2, 0) is 20.0 Å². The van der Waals surface area contributed by atoms with Gasteiger partial charge in [-0.25, -0.2) is 8.42 Å². The molecule has 1 aromatic rings. The Labute approximate surface area is 163 Å². The molecule has 1 heterocycles. The van der Waals surface area contributed by atoms with E-state index in [4.69, 9.17) is 0 Å². The number of hydrogen-bond acceptors (Lipinski definition) is 4. The summed E-state index contributed by atoms with van der Waals surface area (Å²) in [5.41, 5.74) is 2.39. The summed E-state index contributed by atoms with van der Waals surface area (Å²) in [6.07, 6.45) is 7.46. The predicted molar refractivity (Wildman–Crippen MR) is 109 cm³/mol. The van der Waals surface area contributed by atoms with Gasteiger partial charge >= 0.3 is 0 Å². The summed E-state index contributed by atoms with van der Waals surface area (Å²) in [6.45, 7) is 3.72. The summed E-state index contributed by atoms with van der Waals surface area (Å²) in [7, 11) is -3.48. The van der Waals surface area contributed by atoms with E-state index in [0.29, 0.717) is 32.5 Å². The second-order valence-electron chi connectivity index (χ2n) is 8.41. The summed E-state index contributed by atoms with van der Waals surface area (Å²) in [4.78, 5) is 13.1. The maximum atomic E-state index is 13.1. The van der Waals surface area contributed by atoms with E-state index >= 15 is 0 Å². The Balaban J connectivity index is 1.84. The van der Waals surface area contributed by atoms with E-state index in [1.165, 1.54) is 23.8 Å². The van der Waals surface area contributed by atoms with E-state index in [0.717, 1.165) is 25.7 Å². The van der Waals surface area contributed by atoms with Crippen LogP contribution in [0.3, 0.4) is 0 Å². The summed E-state index contributed by atoms with van der Waals surface area (Å²) in [6, 6.07) is 8.54. The van der Waals surface area contributed by atoms with Gasteiger partial charge in [-0.3, -0.25) is 4.79 Å². The molecule has 6 heteroatoms. The fourth-order valence-corrected chi connectivity index (χ4v) is 6.13. The number of nitrogens with one attached hydrogen (secondary N) is 2. The molecule has 150 valence electrons. The third-order valence-electron chi connectivity index (χ3n) is 6.56. The third-order valence-corrected chi connectivity index (χ3v) is 8.58. The molecule has 0 spiro atoms. The lowest BCUT2D eigenvalue weighted by molar-refractivity contribution is -0.124. The SMILES string of the molecule is Cc1cccc(C2(CNC(=O)C3(S(C)(=O)=O)CCNCC3)CCCCC2)c1. The second kappa shape index (κ2) is 7.92. The fraction of sp³-hybridized carbons (Fsp3) is 0.667. The first-order valence-corrected chi connectivity index (χ1v) is 11.9. The molecule has 0 radical (unpaired) electrons. The average molecular weight is 393 g/mol. The highest BCUT2D eigenvalue weighted by molar-refractivity contribution is 7.92. The van der Waals surface area contributed by atoms with E-state index in [2.05, 4.69) is 41.8 Å². The molecule has 1 saturated carbocycles. The normalized spacial score (nSPS) is 22.1. The van der Waals surface area contributed by atoms with Crippen molar-refractivity contribution in [3.63, 3.8) is 0 Å². The fourth-order valence-electron chi connectivity index (χ4n) is 4.78. The van der Waals surface area contributed by atoms with E-state index in [1.807, 2.05) is 0 Å². The number of carbonyl (C=O) groups excluding carboxylic acids is 1. The average Bonchev–Trinajstić information content (AvgIpc) is 2.66. The molecule has 2 aliphatic rings. The predicted octanol–water partition coefficient (Wildman–Crippen LogP) is 2.48. The molecule has 3 rings (SSSR count). The number of sulfone groups is 1. The summed E-state index contributed by atoms with van der Waals surface area (Å²) >= 11 is 0. The van der Waals surface area contributed by atoms with Gasteiger partial charge in [-0.05, 0) is 51.3 Å². The van der Waals surface area contributed by atoms with Gasteiger partial charge in [0.1, 0.15) is 0 Å². The minimum atomic E-state index is -3.48. The van der Waals surface area contributed by atoms with E-state index in [1.54, 1.807) is 0 Å². The molecule has 0 bridgehead atoms. The van der Waals surface area contributed by atoms with Crippen molar-refractivity contribution in [1.29, 1.82) is 0 Å². The van der Waals surface area contributed by atoms with Gasteiger partial charge in [-0.1, -0.05) is 49.1 Å². The molecule has 0 atom stereocenters. The van der Waals surface area contributed by atoms with Crippen LogP contribution in [0.4, 0.5) is 0 Å². The van der Waals surface area contributed by atoms with Crippen LogP contribution in [0.25, 0.3) is 0 Å². The third kappa shape index (κ3) is 4.06. The molecule has 1 saturated heterocycles. The van der Waals surface area contributed by atoms with Crippen molar-refractivity contribution in [2.75, 3.05) is 25.9 Å². The zero-order valence-electron chi connectivity index (χ0n) is 16.5.